The number of aryl methyl sites for hydroxylation is 2. The lowest BCUT2D eigenvalue weighted by atomic mass is 10.1. The Labute approximate surface area is 125 Å². The van der Waals surface area contributed by atoms with E-state index in [-0.39, 0.29) is 11.7 Å². The second-order valence-electron chi connectivity index (χ2n) is 5.18. The molecule has 3 amide bonds. The second kappa shape index (κ2) is 5.25. The summed E-state index contributed by atoms with van der Waals surface area (Å²) in [6, 6.07) is 4.63. The van der Waals surface area contributed by atoms with E-state index in [9.17, 15) is 14.0 Å². The second-order valence-corrected chi connectivity index (χ2v) is 5.18. The van der Waals surface area contributed by atoms with E-state index in [1.54, 1.807) is 26.0 Å². The molecule has 2 aromatic rings. The first-order valence-electron chi connectivity index (χ1n) is 6.79. The van der Waals surface area contributed by atoms with Gasteiger partial charge in [0.15, 0.2) is 5.76 Å². The van der Waals surface area contributed by atoms with Crippen molar-refractivity contribution in [2.45, 2.75) is 26.3 Å². The van der Waals surface area contributed by atoms with Crippen molar-refractivity contribution in [2.24, 2.45) is 0 Å². The molecule has 1 N–H and O–H groups in total. The van der Waals surface area contributed by atoms with Crippen molar-refractivity contribution in [3.8, 4) is 0 Å². The van der Waals surface area contributed by atoms with Gasteiger partial charge in [-0.05, 0) is 31.5 Å². The van der Waals surface area contributed by atoms with Gasteiger partial charge < -0.3 is 9.84 Å². The summed E-state index contributed by atoms with van der Waals surface area (Å²) in [5.74, 6) is -0.310. The molecule has 0 aliphatic carbocycles. The predicted octanol–water partition coefficient (Wildman–Crippen LogP) is 2.10. The Morgan fingerprint density at radius 3 is 2.55 bits per heavy atom. The molecule has 0 saturated carbocycles. The first kappa shape index (κ1) is 14.2. The summed E-state index contributed by atoms with van der Waals surface area (Å²) in [7, 11) is 0. The first-order valence-corrected chi connectivity index (χ1v) is 6.79. The van der Waals surface area contributed by atoms with Crippen molar-refractivity contribution >= 4 is 17.6 Å². The largest absolute Gasteiger partial charge is 0.359 e. The quantitative estimate of drug-likeness (QED) is 0.881. The molecule has 1 aliphatic heterocycles. The Morgan fingerprint density at radius 1 is 1.27 bits per heavy atom. The van der Waals surface area contributed by atoms with Gasteiger partial charge in [-0.3, -0.25) is 4.79 Å². The number of nitrogens with one attached hydrogen (secondary N) is 1. The molecule has 0 radical (unpaired) electrons. The maximum atomic E-state index is 12.9. The van der Waals surface area contributed by atoms with Crippen LogP contribution in [0.3, 0.4) is 0 Å². The normalized spacial score (nSPS) is 18.0. The summed E-state index contributed by atoms with van der Waals surface area (Å²) in [5, 5.41) is 6.39. The van der Waals surface area contributed by atoms with Gasteiger partial charge in [0, 0.05) is 6.42 Å². The molecule has 0 bridgehead atoms. The highest BCUT2D eigenvalue weighted by Crippen LogP contribution is 2.27. The molecule has 114 valence electrons. The number of urea groups is 1. The van der Waals surface area contributed by atoms with E-state index in [0.717, 1.165) is 10.5 Å². The van der Waals surface area contributed by atoms with E-state index in [0.29, 0.717) is 23.6 Å². The standard InChI is InChI=1S/C15H14FN3O3/c1-8-13(9(2)22-18-8)19-14(20)12(17-15(19)21)7-10-3-5-11(16)6-4-10/h3-6,12H,7H2,1-2H3,(H,17,21). The van der Waals surface area contributed by atoms with Gasteiger partial charge in [0.1, 0.15) is 23.2 Å². The van der Waals surface area contributed by atoms with Gasteiger partial charge in [-0.1, -0.05) is 17.3 Å². The lowest BCUT2D eigenvalue weighted by molar-refractivity contribution is -0.118. The Bertz CT molecular complexity index is 719. The molecule has 7 heteroatoms. The molecular formula is C15H14FN3O3. The van der Waals surface area contributed by atoms with Crippen molar-refractivity contribution in [3.63, 3.8) is 0 Å². The molecule has 1 unspecified atom stereocenters. The van der Waals surface area contributed by atoms with Crippen LogP contribution >= 0.6 is 0 Å². The Morgan fingerprint density at radius 2 is 1.95 bits per heavy atom. The molecule has 22 heavy (non-hydrogen) atoms. The SMILES string of the molecule is Cc1noc(C)c1N1C(=O)NC(Cc2ccc(F)cc2)C1=O. The minimum absolute atomic E-state index is 0.296. The van der Waals surface area contributed by atoms with Gasteiger partial charge in [-0.15, -0.1) is 0 Å². The third-order valence-corrected chi connectivity index (χ3v) is 3.59. The summed E-state index contributed by atoms with van der Waals surface area (Å²) >= 11 is 0. The van der Waals surface area contributed by atoms with Gasteiger partial charge in [-0.2, -0.15) is 0 Å². The van der Waals surface area contributed by atoms with Crippen LogP contribution in [0.5, 0.6) is 0 Å². The number of carbonyl (C=O) groups excluding carboxylic acids is 2. The van der Waals surface area contributed by atoms with Crippen molar-refractivity contribution < 1.29 is 18.5 Å². The van der Waals surface area contributed by atoms with E-state index >= 15 is 0 Å². The van der Waals surface area contributed by atoms with E-state index in [4.69, 9.17) is 4.52 Å². The number of rotatable bonds is 3. The fourth-order valence-corrected chi connectivity index (χ4v) is 2.53. The van der Waals surface area contributed by atoms with E-state index in [1.165, 1.54) is 12.1 Å². The van der Waals surface area contributed by atoms with Crippen molar-refractivity contribution in [1.29, 1.82) is 0 Å². The summed E-state index contributed by atoms with van der Waals surface area (Å²) in [5.41, 5.74) is 1.62. The van der Waals surface area contributed by atoms with Crippen LogP contribution in [-0.2, 0) is 11.2 Å². The lowest BCUT2D eigenvalue weighted by Crippen LogP contribution is -2.33. The molecule has 1 atom stereocenters. The van der Waals surface area contributed by atoms with Crippen LogP contribution in [0, 0.1) is 19.7 Å². The molecule has 3 rings (SSSR count). The Hall–Kier alpha value is -2.70. The zero-order valence-electron chi connectivity index (χ0n) is 12.1. The number of halogens is 1. The fraction of sp³-hybridized carbons (Fsp3) is 0.267. The highest BCUT2D eigenvalue weighted by molar-refractivity contribution is 6.21. The fourth-order valence-electron chi connectivity index (χ4n) is 2.53. The van der Waals surface area contributed by atoms with E-state index in [2.05, 4.69) is 10.5 Å². The molecule has 1 aliphatic rings. The minimum Gasteiger partial charge on any atom is -0.359 e. The highest BCUT2D eigenvalue weighted by Gasteiger charge is 2.41. The number of carbonyl (C=O) groups is 2. The highest BCUT2D eigenvalue weighted by atomic mass is 19.1. The third kappa shape index (κ3) is 2.34. The summed E-state index contributed by atoms with van der Waals surface area (Å²) in [4.78, 5) is 25.6. The van der Waals surface area contributed by atoms with Crippen LogP contribution in [-0.4, -0.2) is 23.1 Å². The van der Waals surface area contributed by atoms with Crippen LogP contribution in [0.1, 0.15) is 17.0 Å². The van der Waals surface area contributed by atoms with Crippen molar-refractivity contribution in [2.75, 3.05) is 4.90 Å². The van der Waals surface area contributed by atoms with Crippen LogP contribution in [0.15, 0.2) is 28.8 Å². The van der Waals surface area contributed by atoms with Gasteiger partial charge in [0.2, 0.25) is 0 Å². The number of benzene rings is 1. The van der Waals surface area contributed by atoms with Crippen LogP contribution in [0.25, 0.3) is 0 Å². The zero-order valence-corrected chi connectivity index (χ0v) is 12.1. The molecule has 2 heterocycles. The maximum Gasteiger partial charge on any atom is 0.329 e. The summed E-state index contributed by atoms with van der Waals surface area (Å²) in [6.07, 6.45) is 0.296. The number of hydrogen-bond donors (Lipinski definition) is 1. The number of imide groups is 1. The van der Waals surface area contributed by atoms with Gasteiger partial charge in [0.25, 0.3) is 5.91 Å². The first-order chi connectivity index (χ1) is 10.5. The van der Waals surface area contributed by atoms with Crippen LogP contribution < -0.4 is 10.2 Å². The monoisotopic (exact) mass is 303 g/mol. The number of hydrogen-bond acceptors (Lipinski definition) is 4. The zero-order chi connectivity index (χ0) is 15.9. The van der Waals surface area contributed by atoms with Gasteiger partial charge in [0.05, 0.1) is 0 Å². The molecule has 0 spiro atoms. The van der Waals surface area contributed by atoms with E-state index in [1.807, 2.05) is 0 Å². The average molecular weight is 303 g/mol. The van der Waals surface area contributed by atoms with Gasteiger partial charge >= 0.3 is 6.03 Å². The minimum atomic E-state index is -0.688. The predicted molar refractivity (Wildman–Crippen MR) is 75.9 cm³/mol. The Balaban J connectivity index is 1.84. The Kier molecular flexibility index (Phi) is 3.40. The van der Waals surface area contributed by atoms with Crippen LogP contribution in [0.2, 0.25) is 0 Å². The molecular weight excluding hydrogens is 289 g/mol. The van der Waals surface area contributed by atoms with E-state index < -0.39 is 12.1 Å². The molecule has 1 aromatic carbocycles. The smallest absolute Gasteiger partial charge is 0.329 e. The molecule has 1 fully saturated rings. The maximum absolute atomic E-state index is 12.9. The number of anilines is 1. The van der Waals surface area contributed by atoms with Crippen molar-refractivity contribution in [1.82, 2.24) is 10.5 Å². The van der Waals surface area contributed by atoms with Gasteiger partial charge in [-0.25, -0.2) is 14.1 Å². The lowest BCUT2D eigenvalue weighted by Gasteiger charge is -2.12. The molecule has 1 saturated heterocycles. The summed E-state index contributed by atoms with van der Waals surface area (Å²) < 4.78 is 17.9. The topological polar surface area (TPSA) is 75.4 Å². The number of nitrogens with zero attached hydrogens (tertiary/aromatic N) is 2. The van der Waals surface area contributed by atoms with Crippen molar-refractivity contribution in [3.05, 3.63) is 47.1 Å². The summed E-state index contributed by atoms with van der Waals surface area (Å²) in [6.45, 7) is 3.31. The molecule has 6 nitrogen and oxygen atoms in total. The number of amides is 3. The third-order valence-electron chi connectivity index (χ3n) is 3.59. The molecule has 1 aromatic heterocycles. The average Bonchev–Trinajstić information content (AvgIpc) is 2.94. The van der Waals surface area contributed by atoms with Crippen LogP contribution in [0.4, 0.5) is 14.9 Å². The number of aromatic nitrogens is 1.